The molecule has 1 N–H and O–H groups in total. The van der Waals surface area contributed by atoms with Crippen molar-refractivity contribution in [3.63, 3.8) is 0 Å². The number of carbonyl (C=O) groups is 1. The minimum absolute atomic E-state index is 0.127. The second kappa shape index (κ2) is 12.3. The minimum atomic E-state index is -0.127. The summed E-state index contributed by atoms with van der Waals surface area (Å²) in [5, 5.41) is 12.8. The third-order valence-corrected chi connectivity index (χ3v) is 6.79. The first-order chi connectivity index (χ1) is 15.9. The number of carbonyl (C=O) groups excluding carboxylic acids is 1. The predicted molar refractivity (Wildman–Crippen MR) is 138 cm³/mol. The molecule has 0 aliphatic rings. The molecule has 6 nitrogen and oxygen atoms in total. The van der Waals surface area contributed by atoms with Crippen molar-refractivity contribution in [3.05, 3.63) is 75.5 Å². The maximum atomic E-state index is 12.4. The van der Waals surface area contributed by atoms with E-state index >= 15 is 0 Å². The van der Waals surface area contributed by atoms with Gasteiger partial charge in [-0.2, -0.15) is 0 Å². The Labute approximate surface area is 211 Å². The summed E-state index contributed by atoms with van der Waals surface area (Å²) in [6.07, 6.45) is 3.31. The fourth-order valence-corrected chi connectivity index (χ4v) is 4.59. The summed E-state index contributed by atoms with van der Waals surface area (Å²) < 4.78 is 8.93. The normalized spacial score (nSPS) is 10.8. The summed E-state index contributed by atoms with van der Waals surface area (Å²) in [6, 6.07) is 11.4. The fourth-order valence-electron chi connectivity index (χ4n) is 3.17. The van der Waals surface area contributed by atoms with E-state index in [4.69, 9.17) is 16.3 Å². The van der Waals surface area contributed by atoms with Crippen molar-refractivity contribution >= 4 is 50.9 Å². The van der Waals surface area contributed by atoms with E-state index in [1.807, 2.05) is 48.7 Å². The second-order valence-electron chi connectivity index (χ2n) is 7.41. The number of aromatic nitrogens is 3. The van der Waals surface area contributed by atoms with Gasteiger partial charge in [0.25, 0.3) is 0 Å². The van der Waals surface area contributed by atoms with E-state index in [1.54, 1.807) is 12.1 Å². The molecule has 33 heavy (non-hydrogen) atoms. The van der Waals surface area contributed by atoms with E-state index in [0.717, 1.165) is 33.6 Å². The second-order valence-corrected chi connectivity index (χ2v) is 9.67. The molecule has 0 radical (unpaired) electrons. The Morgan fingerprint density at radius 2 is 2.12 bits per heavy atom. The van der Waals surface area contributed by atoms with Crippen LogP contribution in [0.4, 0.5) is 5.69 Å². The van der Waals surface area contributed by atoms with Crippen molar-refractivity contribution in [2.45, 2.75) is 38.4 Å². The van der Waals surface area contributed by atoms with E-state index in [2.05, 4.69) is 38.0 Å². The van der Waals surface area contributed by atoms with Gasteiger partial charge in [-0.1, -0.05) is 51.4 Å². The van der Waals surface area contributed by atoms with Crippen LogP contribution in [0, 0.1) is 13.8 Å². The van der Waals surface area contributed by atoms with Gasteiger partial charge in [0.2, 0.25) is 5.91 Å². The Kier molecular flexibility index (Phi) is 9.41. The van der Waals surface area contributed by atoms with Crippen molar-refractivity contribution in [1.82, 2.24) is 14.8 Å². The molecule has 0 spiro atoms. The van der Waals surface area contributed by atoms with Crippen LogP contribution in [0.2, 0.25) is 5.02 Å². The molecule has 0 unspecified atom stereocenters. The van der Waals surface area contributed by atoms with Crippen LogP contribution in [-0.2, 0) is 17.8 Å². The highest BCUT2D eigenvalue weighted by atomic mass is 79.9. The zero-order valence-electron chi connectivity index (χ0n) is 18.6. The Balaban J connectivity index is 1.54. The molecule has 9 heteroatoms. The summed E-state index contributed by atoms with van der Waals surface area (Å²) in [7, 11) is 0. The molecule has 1 aromatic heterocycles. The van der Waals surface area contributed by atoms with Gasteiger partial charge < -0.3 is 14.6 Å². The van der Waals surface area contributed by atoms with Crippen molar-refractivity contribution in [1.29, 1.82) is 0 Å². The zero-order valence-corrected chi connectivity index (χ0v) is 21.8. The van der Waals surface area contributed by atoms with Gasteiger partial charge in [0, 0.05) is 28.1 Å². The molecule has 0 atom stereocenters. The predicted octanol–water partition coefficient (Wildman–Crippen LogP) is 6.24. The van der Waals surface area contributed by atoms with Crippen LogP contribution >= 0.6 is 39.3 Å². The highest BCUT2D eigenvalue weighted by Crippen LogP contribution is 2.25. The number of nitrogens with one attached hydrogen (secondary N) is 1. The van der Waals surface area contributed by atoms with E-state index in [0.29, 0.717) is 35.4 Å². The van der Waals surface area contributed by atoms with Gasteiger partial charge >= 0.3 is 0 Å². The number of halogens is 2. The van der Waals surface area contributed by atoms with E-state index in [1.165, 1.54) is 11.8 Å². The lowest BCUT2D eigenvalue weighted by atomic mass is 10.2. The van der Waals surface area contributed by atoms with Crippen LogP contribution < -0.4 is 10.1 Å². The highest BCUT2D eigenvalue weighted by molar-refractivity contribution is 9.10. The molecule has 0 aliphatic heterocycles. The zero-order chi connectivity index (χ0) is 23.8. The number of hydrogen-bond acceptors (Lipinski definition) is 5. The number of benzene rings is 2. The van der Waals surface area contributed by atoms with Crippen LogP contribution in [-0.4, -0.2) is 33.0 Å². The van der Waals surface area contributed by atoms with E-state index in [9.17, 15) is 4.79 Å². The molecule has 3 rings (SSSR count). The van der Waals surface area contributed by atoms with Gasteiger partial charge in [0.05, 0.1) is 12.4 Å². The number of thioether (sulfide) groups is 1. The van der Waals surface area contributed by atoms with Gasteiger partial charge in [0.1, 0.15) is 11.6 Å². The Morgan fingerprint density at radius 1 is 1.30 bits per heavy atom. The summed E-state index contributed by atoms with van der Waals surface area (Å²) >= 11 is 10.9. The third-order valence-electron chi connectivity index (χ3n) is 4.92. The largest absolute Gasteiger partial charge is 0.493 e. The van der Waals surface area contributed by atoms with Crippen LogP contribution in [0.15, 0.2) is 58.7 Å². The van der Waals surface area contributed by atoms with Crippen LogP contribution in [0.5, 0.6) is 5.75 Å². The number of aryl methyl sites for hydroxylation is 2. The molecule has 0 saturated heterocycles. The lowest BCUT2D eigenvalue weighted by molar-refractivity contribution is -0.113. The Morgan fingerprint density at radius 3 is 2.88 bits per heavy atom. The number of rotatable bonds is 11. The molecule has 3 aromatic rings. The molecule has 1 amide bonds. The van der Waals surface area contributed by atoms with Gasteiger partial charge in [-0.3, -0.25) is 4.79 Å². The fraction of sp³-hybridized carbons (Fsp3) is 0.292. The van der Waals surface area contributed by atoms with Crippen LogP contribution in [0.1, 0.15) is 23.4 Å². The lowest BCUT2D eigenvalue weighted by Crippen LogP contribution is -2.15. The van der Waals surface area contributed by atoms with Crippen molar-refractivity contribution in [2.24, 2.45) is 0 Å². The van der Waals surface area contributed by atoms with Gasteiger partial charge in [-0.25, -0.2) is 0 Å². The molecule has 174 valence electrons. The summed E-state index contributed by atoms with van der Waals surface area (Å²) in [6.45, 7) is 8.88. The van der Waals surface area contributed by atoms with Crippen molar-refractivity contribution in [2.75, 3.05) is 17.7 Å². The third kappa shape index (κ3) is 7.09. The molecular formula is C24H26BrClN4O2S. The number of ether oxygens (including phenoxy) is 1. The monoisotopic (exact) mass is 548 g/mol. The van der Waals surface area contributed by atoms with Crippen LogP contribution in [0.3, 0.4) is 0 Å². The van der Waals surface area contributed by atoms with E-state index < -0.39 is 0 Å². The van der Waals surface area contributed by atoms with Crippen molar-refractivity contribution < 1.29 is 9.53 Å². The summed E-state index contributed by atoms with van der Waals surface area (Å²) in [4.78, 5) is 12.4. The van der Waals surface area contributed by atoms with E-state index in [-0.39, 0.29) is 11.7 Å². The Bertz CT molecular complexity index is 1140. The topological polar surface area (TPSA) is 69.0 Å². The quantitative estimate of drug-likeness (QED) is 0.174. The number of hydrogen-bond donors (Lipinski definition) is 1. The lowest BCUT2D eigenvalue weighted by Gasteiger charge is -2.11. The SMILES string of the molecule is C=CCn1c(CCCOc2ccc(Br)cc2C)nnc1SCC(=O)Nc1cccc(Cl)c1C. The molecule has 0 aliphatic carbocycles. The number of amides is 1. The van der Waals surface area contributed by atoms with Crippen molar-refractivity contribution in [3.8, 4) is 5.75 Å². The first kappa shape index (κ1) is 25.3. The Hall–Kier alpha value is -2.29. The summed E-state index contributed by atoms with van der Waals surface area (Å²) in [5.74, 6) is 1.81. The standard InChI is InChI=1S/C24H26BrClN4O2S/c1-4-12-30-22(9-6-13-32-21-11-10-18(25)14-16(21)2)28-29-24(30)33-15-23(31)27-20-8-5-7-19(26)17(20)3/h4-5,7-8,10-11,14H,1,6,9,12-13,15H2,2-3H3,(H,27,31). The maximum absolute atomic E-state index is 12.4. The number of anilines is 1. The molecule has 2 aromatic carbocycles. The maximum Gasteiger partial charge on any atom is 0.234 e. The first-order valence-electron chi connectivity index (χ1n) is 10.5. The number of nitrogens with zero attached hydrogens (tertiary/aromatic N) is 3. The molecular weight excluding hydrogens is 524 g/mol. The van der Waals surface area contributed by atoms with Crippen LogP contribution in [0.25, 0.3) is 0 Å². The minimum Gasteiger partial charge on any atom is -0.493 e. The molecule has 0 bridgehead atoms. The highest BCUT2D eigenvalue weighted by Gasteiger charge is 2.14. The van der Waals surface area contributed by atoms with Gasteiger partial charge in [0.15, 0.2) is 5.16 Å². The smallest absolute Gasteiger partial charge is 0.234 e. The average Bonchev–Trinajstić information content (AvgIpc) is 3.16. The molecule has 0 fully saturated rings. The van der Waals surface area contributed by atoms with Gasteiger partial charge in [-0.15, -0.1) is 16.8 Å². The molecule has 0 saturated carbocycles. The first-order valence-corrected chi connectivity index (χ1v) is 12.6. The average molecular weight is 550 g/mol. The number of allylic oxidation sites excluding steroid dienone is 1. The van der Waals surface area contributed by atoms with Gasteiger partial charge in [-0.05, 0) is 61.7 Å². The molecule has 1 heterocycles. The summed E-state index contributed by atoms with van der Waals surface area (Å²) in [5.41, 5.74) is 2.64.